The van der Waals surface area contributed by atoms with Crippen LogP contribution in [0.4, 0.5) is 0 Å². The van der Waals surface area contributed by atoms with E-state index in [-0.39, 0.29) is 0 Å². The fraction of sp³-hybridized carbons (Fsp3) is 0.933. The van der Waals surface area contributed by atoms with Crippen LogP contribution in [0.3, 0.4) is 0 Å². The first-order valence-electron chi connectivity index (χ1n) is 7.52. The fourth-order valence-corrected chi connectivity index (χ4v) is 3.77. The van der Waals surface area contributed by atoms with Crippen molar-refractivity contribution in [3.63, 3.8) is 0 Å². The highest BCUT2D eigenvalue weighted by Gasteiger charge is 2.39. The first-order valence-corrected chi connectivity index (χ1v) is 7.52. The molecule has 2 unspecified atom stereocenters. The van der Waals surface area contributed by atoms with E-state index in [1.54, 1.807) is 0 Å². The molecule has 3 nitrogen and oxygen atoms in total. The Bertz CT molecular complexity index is 277. The first kappa shape index (κ1) is 14.0. The number of Topliss-reactive ketones (excluding diaryl/α,β-unsaturated/α-hetero) is 1. The van der Waals surface area contributed by atoms with Crippen LogP contribution in [0.15, 0.2) is 0 Å². The van der Waals surface area contributed by atoms with Gasteiger partial charge in [0.05, 0.1) is 0 Å². The van der Waals surface area contributed by atoms with Gasteiger partial charge in [0.15, 0.2) is 0 Å². The summed E-state index contributed by atoms with van der Waals surface area (Å²) < 4.78 is 0. The van der Waals surface area contributed by atoms with Gasteiger partial charge in [0, 0.05) is 50.1 Å². The summed E-state index contributed by atoms with van der Waals surface area (Å²) in [4.78, 5) is 16.7. The van der Waals surface area contributed by atoms with Gasteiger partial charge >= 0.3 is 0 Å². The Morgan fingerprint density at radius 1 is 1.11 bits per heavy atom. The third-order valence-electron chi connectivity index (χ3n) is 4.64. The number of hydrogen-bond donors (Lipinski definition) is 0. The maximum atomic E-state index is 11.6. The molecule has 2 aliphatic heterocycles. The number of nitrogens with zero attached hydrogens (tertiary/aromatic N) is 2. The zero-order chi connectivity index (χ0) is 13.3. The molecule has 18 heavy (non-hydrogen) atoms. The van der Waals surface area contributed by atoms with Crippen molar-refractivity contribution >= 4 is 5.78 Å². The monoisotopic (exact) mass is 252 g/mol. The van der Waals surface area contributed by atoms with Crippen molar-refractivity contribution in [2.45, 2.75) is 77.5 Å². The molecule has 2 heterocycles. The normalized spacial score (nSPS) is 28.9. The SMILES string of the molecule is CC(C)N(CCN1C2CCC1CC(=O)C2)C(C)C. The summed E-state index contributed by atoms with van der Waals surface area (Å²) in [6, 6.07) is 2.32. The van der Waals surface area contributed by atoms with Crippen LogP contribution in [-0.4, -0.2) is 52.8 Å². The van der Waals surface area contributed by atoms with Crippen molar-refractivity contribution in [1.82, 2.24) is 9.80 Å². The summed E-state index contributed by atoms with van der Waals surface area (Å²) >= 11 is 0. The molecule has 2 fully saturated rings. The summed E-state index contributed by atoms with van der Waals surface area (Å²) in [5.74, 6) is 0.489. The van der Waals surface area contributed by atoms with E-state index in [9.17, 15) is 4.79 Å². The summed E-state index contributed by atoms with van der Waals surface area (Å²) in [5, 5.41) is 0. The van der Waals surface area contributed by atoms with Gasteiger partial charge in [0.1, 0.15) is 5.78 Å². The Morgan fingerprint density at radius 2 is 1.61 bits per heavy atom. The molecule has 0 N–H and O–H groups in total. The number of fused-ring (bicyclic) bond motifs is 2. The van der Waals surface area contributed by atoms with Crippen molar-refractivity contribution in [2.75, 3.05) is 13.1 Å². The van der Waals surface area contributed by atoms with Crippen LogP contribution >= 0.6 is 0 Å². The van der Waals surface area contributed by atoms with Crippen LogP contribution < -0.4 is 0 Å². The zero-order valence-corrected chi connectivity index (χ0v) is 12.4. The largest absolute Gasteiger partial charge is 0.300 e. The van der Waals surface area contributed by atoms with Crippen LogP contribution in [0.2, 0.25) is 0 Å². The molecule has 2 saturated heterocycles. The van der Waals surface area contributed by atoms with E-state index in [4.69, 9.17) is 0 Å². The molecular weight excluding hydrogens is 224 g/mol. The molecule has 2 rings (SSSR count). The Balaban J connectivity index is 1.89. The van der Waals surface area contributed by atoms with E-state index in [0.29, 0.717) is 30.0 Å². The number of carbonyl (C=O) groups excluding carboxylic acids is 1. The average Bonchev–Trinajstić information content (AvgIpc) is 2.52. The van der Waals surface area contributed by atoms with Crippen LogP contribution in [0.1, 0.15) is 53.4 Å². The minimum absolute atomic E-state index is 0.489. The molecule has 0 aromatic rings. The topological polar surface area (TPSA) is 23.6 Å². The number of ketones is 1. The molecular formula is C15H28N2O. The first-order chi connectivity index (χ1) is 8.49. The van der Waals surface area contributed by atoms with Gasteiger partial charge in [0.25, 0.3) is 0 Å². The van der Waals surface area contributed by atoms with E-state index in [1.807, 2.05) is 0 Å². The molecule has 2 atom stereocenters. The summed E-state index contributed by atoms with van der Waals surface area (Å²) in [5.41, 5.74) is 0. The quantitative estimate of drug-likeness (QED) is 0.750. The second-order valence-electron chi connectivity index (χ2n) is 6.50. The maximum absolute atomic E-state index is 11.6. The molecule has 0 saturated carbocycles. The van der Waals surface area contributed by atoms with Crippen LogP contribution in [0.25, 0.3) is 0 Å². The highest BCUT2D eigenvalue weighted by atomic mass is 16.1. The van der Waals surface area contributed by atoms with Gasteiger partial charge in [0.2, 0.25) is 0 Å². The summed E-state index contributed by atoms with van der Waals surface area (Å²) in [6.45, 7) is 11.4. The fourth-order valence-electron chi connectivity index (χ4n) is 3.77. The van der Waals surface area contributed by atoms with Crippen molar-refractivity contribution in [3.8, 4) is 0 Å². The molecule has 0 spiro atoms. The predicted octanol–water partition coefficient (Wildman–Crippen LogP) is 2.30. The van der Waals surface area contributed by atoms with E-state index in [2.05, 4.69) is 37.5 Å². The van der Waals surface area contributed by atoms with Gasteiger partial charge in [-0.05, 0) is 40.5 Å². The van der Waals surface area contributed by atoms with Gasteiger partial charge in [-0.25, -0.2) is 0 Å². The zero-order valence-electron chi connectivity index (χ0n) is 12.4. The number of hydrogen-bond acceptors (Lipinski definition) is 3. The van der Waals surface area contributed by atoms with E-state index in [0.717, 1.165) is 25.9 Å². The average molecular weight is 252 g/mol. The van der Waals surface area contributed by atoms with Gasteiger partial charge in [-0.3, -0.25) is 14.6 Å². The van der Waals surface area contributed by atoms with E-state index in [1.165, 1.54) is 12.8 Å². The van der Waals surface area contributed by atoms with Crippen LogP contribution in [0.5, 0.6) is 0 Å². The van der Waals surface area contributed by atoms with Gasteiger partial charge < -0.3 is 0 Å². The molecule has 2 bridgehead atoms. The smallest absolute Gasteiger partial charge is 0.136 e. The summed E-state index contributed by atoms with van der Waals surface area (Å²) in [7, 11) is 0. The lowest BCUT2D eigenvalue weighted by atomic mass is 10.0. The van der Waals surface area contributed by atoms with Gasteiger partial charge in [-0.1, -0.05) is 0 Å². The minimum atomic E-state index is 0.489. The van der Waals surface area contributed by atoms with Gasteiger partial charge in [-0.15, -0.1) is 0 Å². The van der Waals surface area contributed by atoms with Crippen molar-refractivity contribution in [2.24, 2.45) is 0 Å². The van der Waals surface area contributed by atoms with Gasteiger partial charge in [-0.2, -0.15) is 0 Å². The number of piperidine rings is 1. The second kappa shape index (κ2) is 5.70. The van der Waals surface area contributed by atoms with Crippen molar-refractivity contribution < 1.29 is 4.79 Å². The predicted molar refractivity (Wildman–Crippen MR) is 74.7 cm³/mol. The highest BCUT2D eigenvalue weighted by Crippen LogP contribution is 2.33. The van der Waals surface area contributed by atoms with E-state index >= 15 is 0 Å². The maximum Gasteiger partial charge on any atom is 0.136 e. The summed E-state index contributed by atoms with van der Waals surface area (Å²) in [6.07, 6.45) is 4.08. The minimum Gasteiger partial charge on any atom is -0.300 e. The molecule has 0 aromatic carbocycles. The Morgan fingerprint density at radius 3 is 2.06 bits per heavy atom. The molecule has 2 aliphatic rings. The lowest BCUT2D eigenvalue weighted by Crippen LogP contribution is -2.48. The standard InChI is InChI=1S/C15H28N2O/c1-11(2)16(12(3)4)7-8-17-13-5-6-14(17)10-15(18)9-13/h11-14H,5-10H2,1-4H3. The Kier molecular flexibility index (Phi) is 4.44. The number of rotatable bonds is 5. The molecule has 0 radical (unpaired) electrons. The van der Waals surface area contributed by atoms with Crippen LogP contribution in [0, 0.1) is 0 Å². The Labute approximate surface area is 112 Å². The van der Waals surface area contributed by atoms with Crippen LogP contribution in [-0.2, 0) is 4.79 Å². The lowest BCUT2D eigenvalue weighted by molar-refractivity contribution is -0.123. The molecule has 0 amide bonds. The molecule has 0 aliphatic carbocycles. The third kappa shape index (κ3) is 2.94. The molecule has 104 valence electrons. The lowest BCUT2D eigenvalue weighted by Gasteiger charge is -2.37. The number of carbonyl (C=O) groups is 1. The van der Waals surface area contributed by atoms with Crippen molar-refractivity contribution in [1.29, 1.82) is 0 Å². The Hall–Kier alpha value is -0.410. The molecule has 0 aromatic heterocycles. The van der Waals surface area contributed by atoms with Crippen molar-refractivity contribution in [3.05, 3.63) is 0 Å². The molecule has 3 heteroatoms. The van der Waals surface area contributed by atoms with E-state index < -0.39 is 0 Å². The third-order valence-corrected chi connectivity index (χ3v) is 4.64. The second-order valence-corrected chi connectivity index (χ2v) is 6.50. The highest BCUT2D eigenvalue weighted by molar-refractivity contribution is 5.80.